The lowest BCUT2D eigenvalue weighted by molar-refractivity contribution is -0.204. The monoisotopic (exact) mass is 501 g/mol. The second-order valence-corrected chi connectivity index (χ2v) is 11.8. The van der Waals surface area contributed by atoms with Gasteiger partial charge in [-0.15, -0.1) is 0 Å². The molecule has 8 heteroatoms. The first-order valence-corrected chi connectivity index (χ1v) is 12.6. The normalized spacial score (nSPS) is 45.9. The number of allylic oxidation sites excluding steroid dienone is 4. The Bertz CT molecular complexity index is 1170. The molecule has 1 heterocycles. The maximum Gasteiger partial charge on any atom is 0.339 e. The summed E-state index contributed by atoms with van der Waals surface area (Å²) in [4.78, 5) is 31.3. The second kappa shape index (κ2) is 7.40. The highest BCUT2D eigenvalue weighted by Crippen LogP contribution is 2.70. The molecule has 0 bridgehead atoms. The molecule has 2 N–H and O–H groups in total. The van der Waals surface area contributed by atoms with Crippen molar-refractivity contribution in [3.05, 3.63) is 53.1 Å². The second-order valence-electron chi connectivity index (χ2n) is 11.4. The van der Waals surface area contributed by atoms with Gasteiger partial charge in [0.1, 0.15) is 6.17 Å². The molecule has 0 spiro atoms. The van der Waals surface area contributed by atoms with Gasteiger partial charge in [-0.2, -0.15) is 0 Å². The summed E-state index contributed by atoms with van der Waals surface area (Å²) in [6.07, 6.45) is 3.42. The molecule has 186 valence electrons. The van der Waals surface area contributed by atoms with Gasteiger partial charge in [0, 0.05) is 27.7 Å². The number of hydrogen-bond donors (Lipinski definition) is 2. The van der Waals surface area contributed by atoms with Gasteiger partial charge in [0.15, 0.2) is 5.78 Å². The number of aliphatic hydroxyl groups is 1. The number of carbonyl (C=O) groups excluding carboxylic acids is 1. The van der Waals surface area contributed by atoms with Crippen LogP contribution in [0.25, 0.3) is 0 Å². The maximum absolute atomic E-state index is 15.6. The van der Waals surface area contributed by atoms with Gasteiger partial charge in [-0.3, -0.25) is 14.7 Å². The van der Waals surface area contributed by atoms with Crippen molar-refractivity contribution in [1.82, 2.24) is 0 Å². The van der Waals surface area contributed by atoms with E-state index in [2.05, 4.69) is 0 Å². The number of carboxylic acid groups (broad SMARTS) is 1. The van der Waals surface area contributed by atoms with Crippen LogP contribution in [0.3, 0.4) is 0 Å². The molecule has 35 heavy (non-hydrogen) atoms. The predicted molar refractivity (Wildman–Crippen MR) is 127 cm³/mol. The Hall–Kier alpha value is -2.22. The van der Waals surface area contributed by atoms with Crippen molar-refractivity contribution >= 4 is 29.0 Å². The first-order chi connectivity index (χ1) is 16.5. The Morgan fingerprint density at radius 1 is 1.23 bits per heavy atom. The highest BCUT2D eigenvalue weighted by Gasteiger charge is 2.76. The summed E-state index contributed by atoms with van der Waals surface area (Å²) in [5, 5.41) is 24.4. The number of aliphatic hydroxyl groups excluding tert-OH is 1. The number of anilines is 1. The standard InChI is InChI=1S/C27H29ClFNO5/c1-25-8-7-17(31)10-20(25)21(29)11-18-19-9-14-13-30(16-5-3-15(28)4-6-16)35-27(14,24(33)34)26(19,2)12-22(32)23(18)25/h3-8,10,14,18-19,21-23,32H,9,11-13H2,1-2H3,(H,33,34)/t14-,18-,19?,21-,22-,23?,25-,26-,27-/m0/s1. The fourth-order valence-corrected chi connectivity index (χ4v) is 8.63. The van der Waals surface area contributed by atoms with Crippen LogP contribution in [-0.2, 0) is 14.4 Å². The topological polar surface area (TPSA) is 87.1 Å². The summed E-state index contributed by atoms with van der Waals surface area (Å²) in [5.74, 6) is -2.25. The molecule has 4 aliphatic carbocycles. The summed E-state index contributed by atoms with van der Waals surface area (Å²) in [5.41, 5.74) is -2.03. The average Bonchev–Trinajstić information content (AvgIpc) is 3.29. The van der Waals surface area contributed by atoms with Crippen molar-refractivity contribution in [2.75, 3.05) is 11.6 Å². The molecule has 1 aliphatic heterocycles. The number of hydroxylamine groups is 1. The van der Waals surface area contributed by atoms with Gasteiger partial charge in [0.05, 0.1) is 18.3 Å². The van der Waals surface area contributed by atoms with E-state index in [0.717, 1.165) is 5.69 Å². The van der Waals surface area contributed by atoms with E-state index in [9.17, 15) is 19.8 Å². The molecule has 9 atom stereocenters. The fraction of sp³-hybridized carbons (Fsp3) is 0.556. The lowest BCUT2D eigenvalue weighted by atomic mass is 9.46. The van der Waals surface area contributed by atoms with Crippen molar-refractivity contribution in [3.8, 4) is 0 Å². The zero-order valence-electron chi connectivity index (χ0n) is 19.7. The number of hydrogen-bond acceptors (Lipinski definition) is 5. The average molecular weight is 502 g/mol. The van der Waals surface area contributed by atoms with Crippen molar-refractivity contribution in [2.45, 2.75) is 51.0 Å². The number of ketones is 1. The number of carboxylic acids is 1. The molecule has 6 rings (SSSR count). The van der Waals surface area contributed by atoms with Crippen LogP contribution < -0.4 is 5.06 Å². The van der Waals surface area contributed by atoms with E-state index in [0.29, 0.717) is 23.6 Å². The molecular formula is C27H29ClFNO5. The molecule has 6 nitrogen and oxygen atoms in total. The van der Waals surface area contributed by atoms with E-state index >= 15 is 4.39 Å². The molecule has 4 fully saturated rings. The summed E-state index contributed by atoms with van der Waals surface area (Å²) >= 11 is 6.03. The molecule has 1 saturated heterocycles. The fourth-order valence-electron chi connectivity index (χ4n) is 8.50. The predicted octanol–water partition coefficient (Wildman–Crippen LogP) is 4.37. The minimum absolute atomic E-state index is 0.132. The zero-order chi connectivity index (χ0) is 24.9. The van der Waals surface area contributed by atoms with Gasteiger partial charge in [0.25, 0.3) is 0 Å². The summed E-state index contributed by atoms with van der Waals surface area (Å²) in [6, 6.07) is 7.06. The van der Waals surface area contributed by atoms with E-state index in [1.165, 1.54) is 12.2 Å². The number of rotatable bonds is 2. The van der Waals surface area contributed by atoms with Crippen LogP contribution in [0.5, 0.6) is 0 Å². The largest absolute Gasteiger partial charge is 0.479 e. The lowest BCUT2D eigenvalue weighted by Crippen LogP contribution is -2.63. The van der Waals surface area contributed by atoms with Crippen molar-refractivity contribution in [3.63, 3.8) is 0 Å². The number of nitrogens with zero attached hydrogens (tertiary/aromatic N) is 1. The van der Waals surface area contributed by atoms with Crippen LogP contribution in [0, 0.1) is 34.5 Å². The van der Waals surface area contributed by atoms with Gasteiger partial charge in [-0.1, -0.05) is 31.5 Å². The summed E-state index contributed by atoms with van der Waals surface area (Å²) < 4.78 is 15.6. The lowest BCUT2D eigenvalue weighted by Gasteiger charge is -2.60. The third kappa shape index (κ3) is 2.89. The first kappa shape index (κ1) is 23.2. The molecule has 0 aromatic heterocycles. The highest BCUT2D eigenvalue weighted by molar-refractivity contribution is 6.30. The number of alkyl halides is 1. The van der Waals surface area contributed by atoms with Crippen molar-refractivity contribution in [2.24, 2.45) is 34.5 Å². The van der Waals surface area contributed by atoms with Gasteiger partial charge in [0.2, 0.25) is 5.60 Å². The molecule has 0 amide bonds. The molecule has 1 aromatic carbocycles. The van der Waals surface area contributed by atoms with Gasteiger partial charge in [-0.25, -0.2) is 9.18 Å². The smallest absolute Gasteiger partial charge is 0.339 e. The Morgan fingerprint density at radius 2 is 1.94 bits per heavy atom. The molecule has 2 unspecified atom stereocenters. The number of benzene rings is 1. The van der Waals surface area contributed by atoms with E-state index in [1.54, 1.807) is 35.4 Å². The summed E-state index contributed by atoms with van der Waals surface area (Å²) in [7, 11) is 0. The minimum atomic E-state index is -1.52. The van der Waals surface area contributed by atoms with E-state index in [-0.39, 0.29) is 42.3 Å². The van der Waals surface area contributed by atoms with E-state index < -0.39 is 34.7 Å². The number of fused-ring (bicyclic) bond motifs is 7. The number of carbonyl (C=O) groups is 2. The third-order valence-electron chi connectivity index (χ3n) is 9.90. The Labute approximate surface area is 208 Å². The Morgan fingerprint density at radius 3 is 2.63 bits per heavy atom. The van der Waals surface area contributed by atoms with Crippen LogP contribution in [0.2, 0.25) is 5.02 Å². The van der Waals surface area contributed by atoms with Gasteiger partial charge >= 0.3 is 5.97 Å². The van der Waals surface area contributed by atoms with Crippen LogP contribution in [0.15, 0.2) is 48.1 Å². The van der Waals surface area contributed by atoms with Crippen LogP contribution >= 0.6 is 11.6 Å². The molecule has 0 radical (unpaired) electrons. The Balaban J connectivity index is 1.40. The third-order valence-corrected chi connectivity index (χ3v) is 10.2. The summed E-state index contributed by atoms with van der Waals surface area (Å²) in [6.45, 7) is 4.19. The zero-order valence-corrected chi connectivity index (χ0v) is 20.4. The molecule has 3 saturated carbocycles. The highest BCUT2D eigenvalue weighted by atomic mass is 35.5. The molecule has 1 aromatic rings. The van der Waals surface area contributed by atoms with Gasteiger partial charge in [-0.05, 0) is 73.1 Å². The minimum Gasteiger partial charge on any atom is -0.479 e. The quantitative estimate of drug-likeness (QED) is 0.626. The van der Waals surface area contributed by atoms with Gasteiger partial charge < -0.3 is 10.2 Å². The maximum atomic E-state index is 15.6. The SMILES string of the molecule is C[C@]12C=CC(=O)C=C1[C@@H](F)C[C@@H]1C2[C@@H](O)C[C@@]2(C)C1C[C@H]1CN(c3ccc(Cl)cc3)O[C@]12C(=O)O. The number of aliphatic carboxylic acids is 1. The van der Waals surface area contributed by atoms with E-state index in [1.807, 2.05) is 13.8 Å². The Kier molecular flexibility index (Phi) is 4.91. The van der Waals surface area contributed by atoms with Crippen molar-refractivity contribution < 1.29 is 29.0 Å². The van der Waals surface area contributed by atoms with Crippen molar-refractivity contribution in [1.29, 1.82) is 0 Å². The molecular weight excluding hydrogens is 473 g/mol. The van der Waals surface area contributed by atoms with Crippen LogP contribution in [0.4, 0.5) is 10.1 Å². The number of halogens is 2. The first-order valence-electron chi connectivity index (χ1n) is 12.2. The van der Waals surface area contributed by atoms with E-state index in [4.69, 9.17) is 16.4 Å². The molecule has 5 aliphatic rings. The van der Waals surface area contributed by atoms with Crippen LogP contribution in [-0.4, -0.2) is 46.4 Å². The van der Waals surface area contributed by atoms with Crippen LogP contribution in [0.1, 0.15) is 33.1 Å².